The highest BCUT2D eigenvalue weighted by atomic mass is 16.5. The van der Waals surface area contributed by atoms with E-state index in [2.05, 4.69) is 42.2 Å². The van der Waals surface area contributed by atoms with Crippen LogP contribution in [0.15, 0.2) is 42.5 Å². The molecule has 1 amide bonds. The maximum Gasteiger partial charge on any atom is 0.223 e. The number of rotatable bonds is 7. The zero-order valence-electron chi connectivity index (χ0n) is 17.9. The minimum absolute atomic E-state index is 0.186. The summed E-state index contributed by atoms with van der Waals surface area (Å²) in [4.78, 5) is 14.3. The number of carbonyl (C=O) groups is 1. The van der Waals surface area contributed by atoms with Crippen LogP contribution in [0, 0.1) is 12.3 Å². The van der Waals surface area contributed by atoms with Crippen LogP contribution in [0.3, 0.4) is 0 Å². The zero-order valence-corrected chi connectivity index (χ0v) is 17.9. The first-order chi connectivity index (χ1) is 13.9. The number of nitrogens with two attached hydrogens (primary N) is 1. The second-order valence-corrected chi connectivity index (χ2v) is 8.29. The van der Waals surface area contributed by atoms with E-state index in [1.165, 1.54) is 5.56 Å². The van der Waals surface area contributed by atoms with Gasteiger partial charge in [0.2, 0.25) is 5.91 Å². The molecule has 5 nitrogen and oxygen atoms in total. The molecule has 2 aromatic rings. The molecular formula is C24H32N2O3. The maximum absolute atomic E-state index is 11.9. The van der Waals surface area contributed by atoms with Crippen molar-refractivity contribution in [3.8, 4) is 11.5 Å². The highest BCUT2D eigenvalue weighted by molar-refractivity contribution is 5.80. The van der Waals surface area contributed by atoms with Crippen molar-refractivity contribution in [1.82, 2.24) is 0 Å². The molecule has 1 saturated carbocycles. The van der Waals surface area contributed by atoms with Crippen molar-refractivity contribution in [1.29, 1.82) is 0 Å². The summed E-state index contributed by atoms with van der Waals surface area (Å²) in [6.45, 7) is 4.83. The van der Waals surface area contributed by atoms with Crippen LogP contribution in [0.25, 0.3) is 0 Å². The van der Waals surface area contributed by atoms with Gasteiger partial charge in [0.15, 0.2) is 0 Å². The van der Waals surface area contributed by atoms with E-state index in [4.69, 9.17) is 15.2 Å². The van der Waals surface area contributed by atoms with Crippen molar-refractivity contribution >= 4 is 11.6 Å². The first kappa shape index (κ1) is 21.0. The van der Waals surface area contributed by atoms with Crippen LogP contribution in [0.5, 0.6) is 11.5 Å². The Morgan fingerprint density at radius 1 is 1.10 bits per heavy atom. The summed E-state index contributed by atoms with van der Waals surface area (Å²) in [6, 6.07) is 14.9. The quantitative estimate of drug-likeness (QED) is 0.751. The van der Waals surface area contributed by atoms with Gasteiger partial charge < -0.3 is 20.1 Å². The van der Waals surface area contributed by atoms with E-state index in [0.717, 1.165) is 55.0 Å². The van der Waals surface area contributed by atoms with Crippen LogP contribution in [0.4, 0.5) is 5.69 Å². The molecule has 1 aliphatic carbocycles. The molecule has 5 heteroatoms. The summed E-state index contributed by atoms with van der Waals surface area (Å²) in [5.41, 5.74) is 8.73. The van der Waals surface area contributed by atoms with E-state index < -0.39 is 5.41 Å². The Labute approximate surface area is 173 Å². The van der Waals surface area contributed by atoms with Gasteiger partial charge in [-0.15, -0.1) is 0 Å². The van der Waals surface area contributed by atoms with Crippen LogP contribution in [-0.4, -0.2) is 26.2 Å². The Kier molecular flexibility index (Phi) is 6.36. The smallest absolute Gasteiger partial charge is 0.223 e. The maximum atomic E-state index is 11.9. The van der Waals surface area contributed by atoms with Gasteiger partial charge in [0.1, 0.15) is 11.5 Å². The van der Waals surface area contributed by atoms with Gasteiger partial charge in [-0.1, -0.05) is 25.1 Å². The van der Waals surface area contributed by atoms with Gasteiger partial charge in [0, 0.05) is 29.8 Å². The van der Waals surface area contributed by atoms with Gasteiger partial charge in [0.05, 0.1) is 14.2 Å². The molecule has 0 aromatic heterocycles. The van der Waals surface area contributed by atoms with E-state index in [1.54, 1.807) is 14.2 Å². The topological polar surface area (TPSA) is 64.8 Å². The van der Waals surface area contributed by atoms with Crippen molar-refractivity contribution < 1.29 is 14.3 Å². The van der Waals surface area contributed by atoms with E-state index >= 15 is 0 Å². The lowest BCUT2D eigenvalue weighted by molar-refractivity contribution is -0.128. The first-order valence-corrected chi connectivity index (χ1v) is 10.2. The van der Waals surface area contributed by atoms with Gasteiger partial charge in [0.25, 0.3) is 0 Å². The number of methoxy groups -OCH3 is 2. The molecule has 0 aliphatic heterocycles. The predicted octanol–water partition coefficient (Wildman–Crippen LogP) is 4.45. The highest BCUT2D eigenvalue weighted by Gasteiger charge is 2.37. The highest BCUT2D eigenvalue weighted by Crippen LogP contribution is 2.40. The summed E-state index contributed by atoms with van der Waals surface area (Å²) >= 11 is 0. The number of hydrogen-bond donors (Lipinski definition) is 1. The number of hydrogen-bond acceptors (Lipinski definition) is 4. The third-order valence-electron chi connectivity index (χ3n) is 6.33. The van der Waals surface area contributed by atoms with Gasteiger partial charge in [-0.05, 0) is 61.9 Å². The Morgan fingerprint density at radius 2 is 1.76 bits per heavy atom. The van der Waals surface area contributed by atoms with Crippen LogP contribution < -0.4 is 20.1 Å². The Bertz CT molecular complexity index is 840. The lowest BCUT2D eigenvalue weighted by Gasteiger charge is -2.41. The average Bonchev–Trinajstić information content (AvgIpc) is 2.73. The van der Waals surface area contributed by atoms with Crippen molar-refractivity contribution in [2.45, 2.75) is 52.1 Å². The van der Waals surface area contributed by atoms with Crippen LogP contribution in [0.2, 0.25) is 0 Å². The molecule has 0 atom stereocenters. The van der Waals surface area contributed by atoms with E-state index in [9.17, 15) is 4.79 Å². The Hall–Kier alpha value is -2.69. The first-order valence-electron chi connectivity index (χ1n) is 10.2. The summed E-state index contributed by atoms with van der Waals surface area (Å²) in [5.74, 6) is 1.56. The molecule has 29 heavy (non-hydrogen) atoms. The molecule has 3 rings (SSSR count). The molecule has 1 fully saturated rings. The fourth-order valence-corrected chi connectivity index (χ4v) is 4.14. The molecule has 0 unspecified atom stereocenters. The molecule has 0 bridgehead atoms. The van der Waals surface area contributed by atoms with Gasteiger partial charge in [-0.3, -0.25) is 4.79 Å². The van der Waals surface area contributed by atoms with Crippen LogP contribution in [0.1, 0.15) is 43.7 Å². The fourth-order valence-electron chi connectivity index (χ4n) is 4.14. The third-order valence-corrected chi connectivity index (χ3v) is 6.33. The summed E-state index contributed by atoms with van der Waals surface area (Å²) in [5, 5.41) is 0. The largest absolute Gasteiger partial charge is 0.497 e. The molecule has 0 heterocycles. The fraction of sp³-hybridized carbons (Fsp3) is 0.458. The van der Waals surface area contributed by atoms with Gasteiger partial charge in [-0.25, -0.2) is 0 Å². The molecule has 2 aromatic carbocycles. The monoisotopic (exact) mass is 396 g/mol. The number of aryl methyl sites for hydroxylation is 1. The van der Waals surface area contributed by atoms with Crippen LogP contribution in [-0.2, 0) is 11.3 Å². The lowest BCUT2D eigenvalue weighted by Crippen LogP contribution is -2.44. The van der Waals surface area contributed by atoms with E-state index in [-0.39, 0.29) is 5.91 Å². The third kappa shape index (κ3) is 4.66. The number of ether oxygens (including phenoxy) is 2. The standard InChI is InChI=1S/C24H32N2O3/c1-17-5-8-20(15-22(17)29-4)26(16-18-6-9-21(28-3)10-7-18)19-11-13-24(2,14-12-19)23(25)27/h5-10,15,19H,11-14,16H2,1-4H3,(H2,25,27). The number of amides is 1. The summed E-state index contributed by atoms with van der Waals surface area (Å²) in [6.07, 6.45) is 3.50. The minimum Gasteiger partial charge on any atom is -0.497 e. The lowest BCUT2D eigenvalue weighted by atomic mass is 9.73. The van der Waals surface area contributed by atoms with Gasteiger partial charge in [-0.2, -0.15) is 0 Å². The van der Waals surface area contributed by atoms with Crippen molar-refractivity contribution in [3.05, 3.63) is 53.6 Å². The molecule has 156 valence electrons. The number of nitrogens with zero attached hydrogens (tertiary/aromatic N) is 1. The van der Waals surface area contributed by atoms with Crippen molar-refractivity contribution in [2.24, 2.45) is 11.1 Å². The van der Waals surface area contributed by atoms with Gasteiger partial charge >= 0.3 is 0 Å². The second kappa shape index (κ2) is 8.76. The normalized spacial score (nSPS) is 21.4. The Balaban J connectivity index is 1.88. The second-order valence-electron chi connectivity index (χ2n) is 8.29. The SMILES string of the molecule is COc1ccc(CN(c2ccc(C)c(OC)c2)C2CCC(C)(C(N)=O)CC2)cc1. The predicted molar refractivity (Wildman–Crippen MR) is 116 cm³/mol. The molecule has 0 spiro atoms. The number of carbonyl (C=O) groups excluding carboxylic acids is 1. The number of benzene rings is 2. The minimum atomic E-state index is -0.396. The molecule has 2 N–H and O–H groups in total. The van der Waals surface area contributed by atoms with Crippen molar-refractivity contribution in [2.75, 3.05) is 19.1 Å². The number of anilines is 1. The molecular weight excluding hydrogens is 364 g/mol. The zero-order chi connectivity index (χ0) is 21.0. The molecule has 1 aliphatic rings. The summed E-state index contributed by atoms with van der Waals surface area (Å²) in [7, 11) is 3.39. The van der Waals surface area contributed by atoms with E-state index in [1.807, 2.05) is 19.1 Å². The summed E-state index contributed by atoms with van der Waals surface area (Å²) < 4.78 is 10.9. The average molecular weight is 397 g/mol. The molecule has 0 radical (unpaired) electrons. The van der Waals surface area contributed by atoms with E-state index in [0.29, 0.717) is 6.04 Å². The molecule has 0 saturated heterocycles. The van der Waals surface area contributed by atoms with Crippen LogP contribution >= 0.6 is 0 Å². The Morgan fingerprint density at radius 3 is 2.31 bits per heavy atom. The van der Waals surface area contributed by atoms with Crippen molar-refractivity contribution in [3.63, 3.8) is 0 Å². The number of primary amides is 1.